The van der Waals surface area contributed by atoms with Crippen LogP contribution in [-0.4, -0.2) is 63.2 Å². The van der Waals surface area contributed by atoms with E-state index in [4.69, 9.17) is 9.97 Å². The molecule has 1 aromatic carbocycles. The molecule has 1 saturated heterocycles. The van der Waals surface area contributed by atoms with Crippen LogP contribution in [0.3, 0.4) is 0 Å². The number of likely N-dealkylation sites (tertiary alicyclic amines) is 1. The second-order valence-electron chi connectivity index (χ2n) is 8.77. The van der Waals surface area contributed by atoms with Gasteiger partial charge in [0.25, 0.3) is 5.91 Å². The van der Waals surface area contributed by atoms with Crippen LogP contribution < -0.4 is 5.32 Å². The van der Waals surface area contributed by atoms with Crippen molar-refractivity contribution in [3.63, 3.8) is 0 Å². The molecule has 4 heterocycles. The smallest absolute Gasteiger partial charge is 0.273 e. The molecule has 5 rings (SSSR count). The number of nitrogens with zero attached hydrogens (tertiary/aromatic N) is 5. The van der Waals surface area contributed by atoms with E-state index in [2.05, 4.69) is 10.3 Å². The minimum Gasteiger partial charge on any atom is -0.373 e. The standard InChI is InChI=1S/C25H28N6O2/c1-16(32)30-12-5-7-18(14-30)23-28-21-15-31(13-10-20(21)24(26-2)29-23)25(33)22-19-8-4-3-6-17(19)9-11-27-22/h3-4,6,8-9,11,18H,5,7,10,12-15H2,1-2H3,(H,26,28,29)/t18-/m1/s1. The number of rotatable bonds is 3. The molecule has 0 spiro atoms. The Hall–Kier alpha value is -3.55. The molecule has 2 aliphatic rings. The molecule has 170 valence electrons. The number of benzene rings is 1. The molecule has 2 amide bonds. The molecule has 0 aliphatic carbocycles. The van der Waals surface area contributed by atoms with Crippen molar-refractivity contribution in [1.82, 2.24) is 24.8 Å². The van der Waals surface area contributed by atoms with Crippen molar-refractivity contribution in [3.05, 3.63) is 59.3 Å². The van der Waals surface area contributed by atoms with Crippen LogP contribution in [0.4, 0.5) is 5.82 Å². The maximum Gasteiger partial charge on any atom is 0.273 e. The van der Waals surface area contributed by atoms with Gasteiger partial charge in [0.2, 0.25) is 5.91 Å². The molecule has 8 nitrogen and oxygen atoms in total. The molecule has 33 heavy (non-hydrogen) atoms. The van der Waals surface area contributed by atoms with E-state index in [0.717, 1.165) is 53.1 Å². The Balaban J connectivity index is 1.45. The molecular formula is C25H28N6O2. The van der Waals surface area contributed by atoms with E-state index in [9.17, 15) is 9.59 Å². The molecule has 0 radical (unpaired) electrons. The molecule has 0 bridgehead atoms. The first-order valence-electron chi connectivity index (χ1n) is 11.5. The summed E-state index contributed by atoms with van der Waals surface area (Å²) in [5.41, 5.74) is 2.42. The molecule has 2 aliphatic heterocycles. The van der Waals surface area contributed by atoms with E-state index in [1.165, 1.54) is 0 Å². The van der Waals surface area contributed by atoms with Gasteiger partial charge in [0, 0.05) is 56.7 Å². The van der Waals surface area contributed by atoms with E-state index in [0.29, 0.717) is 31.7 Å². The number of hydrogen-bond acceptors (Lipinski definition) is 6. The molecule has 0 saturated carbocycles. The first kappa shape index (κ1) is 21.3. The fraction of sp³-hybridized carbons (Fsp3) is 0.400. The Labute approximate surface area is 193 Å². The lowest BCUT2D eigenvalue weighted by molar-refractivity contribution is -0.130. The lowest BCUT2D eigenvalue weighted by Crippen LogP contribution is -2.39. The maximum absolute atomic E-state index is 13.4. The highest BCUT2D eigenvalue weighted by atomic mass is 16.2. The summed E-state index contributed by atoms with van der Waals surface area (Å²) in [5.74, 6) is 1.69. The minimum absolute atomic E-state index is 0.0796. The summed E-state index contributed by atoms with van der Waals surface area (Å²) < 4.78 is 0. The summed E-state index contributed by atoms with van der Waals surface area (Å²) in [6.45, 7) is 4.05. The highest BCUT2D eigenvalue weighted by Crippen LogP contribution is 2.30. The molecule has 3 aromatic rings. The normalized spacial score (nSPS) is 18.2. The predicted molar refractivity (Wildman–Crippen MR) is 126 cm³/mol. The number of amides is 2. The van der Waals surface area contributed by atoms with Crippen LogP contribution in [0.25, 0.3) is 10.8 Å². The topological polar surface area (TPSA) is 91.3 Å². The maximum atomic E-state index is 13.4. The monoisotopic (exact) mass is 444 g/mol. The van der Waals surface area contributed by atoms with Gasteiger partial charge in [-0.05, 0) is 30.7 Å². The van der Waals surface area contributed by atoms with Gasteiger partial charge in [-0.1, -0.05) is 24.3 Å². The van der Waals surface area contributed by atoms with Crippen molar-refractivity contribution in [2.24, 2.45) is 0 Å². The third-order valence-electron chi connectivity index (χ3n) is 6.71. The zero-order valence-electron chi connectivity index (χ0n) is 19.0. The van der Waals surface area contributed by atoms with Crippen LogP contribution in [0.5, 0.6) is 0 Å². The zero-order chi connectivity index (χ0) is 22.9. The van der Waals surface area contributed by atoms with Crippen LogP contribution >= 0.6 is 0 Å². The van der Waals surface area contributed by atoms with Crippen molar-refractivity contribution >= 4 is 28.4 Å². The first-order valence-corrected chi connectivity index (χ1v) is 11.5. The second kappa shape index (κ2) is 8.77. The summed E-state index contributed by atoms with van der Waals surface area (Å²) in [7, 11) is 1.87. The van der Waals surface area contributed by atoms with Crippen molar-refractivity contribution < 1.29 is 9.59 Å². The van der Waals surface area contributed by atoms with E-state index in [1.54, 1.807) is 13.1 Å². The van der Waals surface area contributed by atoms with Crippen LogP contribution in [0, 0.1) is 0 Å². The quantitative estimate of drug-likeness (QED) is 0.668. The number of piperidine rings is 1. The zero-order valence-corrected chi connectivity index (χ0v) is 19.0. The number of aromatic nitrogens is 3. The van der Waals surface area contributed by atoms with E-state index < -0.39 is 0 Å². The molecule has 1 fully saturated rings. The summed E-state index contributed by atoms with van der Waals surface area (Å²) >= 11 is 0. The number of fused-ring (bicyclic) bond motifs is 2. The van der Waals surface area contributed by atoms with Crippen molar-refractivity contribution in [2.45, 2.75) is 38.6 Å². The van der Waals surface area contributed by atoms with Crippen molar-refractivity contribution in [1.29, 1.82) is 0 Å². The van der Waals surface area contributed by atoms with Gasteiger partial charge in [-0.25, -0.2) is 9.97 Å². The highest BCUT2D eigenvalue weighted by molar-refractivity contribution is 6.05. The number of pyridine rings is 1. The average Bonchev–Trinajstić information content (AvgIpc) is 2.86. The molecular weight excluding hydrogens is 416 g/mol. The Morgan fingerprint density at radius 3 is 2.76 bits per heavy atom. The molecule has 1 atom stereocenters. The number of carbonyl (C=O) groups is 2. The fourth-order valence-electron chi connectivity index (χ4n) is 4.93. The third kappa shape index (κ3) is 4.01. The average molecular weight is 445 g/mol. The number of carbonyl (C=O) groups excluding carboxylic acids is 2. The van der Waals surface area contributed by atoms with Crippen LogP contribution in [0.1, 0.15) is 53.3 Å². The van der Waals surface area contributed by atoms with E-state index in [-0.39, 0.29) is 17.7 Å². The molecule has 2 aromatic heterocycles. The summed E-state index contributed by atoms with van der Waals surface area (Å²) in [6, 6.07) is 9.75. The minimum atomic E-state index is -0.0796. The number of anilines is 1. The lowest BCUT2D eigenvalue weighted by atomic mass is 9.96. The SMILES string of the molecule is CNc1nc([C@@H]2CCCN(C(C)=O)C2)nc2c1CCN(C(=O)c1nccc3ccccc13)C2. The van der Waals surface area contributed by atoms with Crippen LogP contribution in [-0.2, 0) is 17.8 Å². The first-order chi connectivity index (χ1) is 16.0. The number of hydrogen-bond donors (Lipinski definition) is 1. The van der Waals surface area contributed by atoms with Gasteiger partial charge in [-0.3, -0.25) is 14.6 Å². The van der Waals surface area contributed by atoms with Crippen molar-refractivity contribution in [3.8, 4) is 0 Å². The molecule has 1 N–H and O–H groups in total. The predicted octanol–water partition coefficient (Wildman–Crippen LogP) is 2.99. The van der Waals surface area contributed by atoms with Crippen LogP contribution in [0.15, 0.2) is 36.5 Å². The van der Waals surface area contributed by atoms with Gasteiger partial charge in [-0.2, -0.15) is 0 Å². The van der Waals surface area contributed by atoms with Gasteiger partial charge >= 0.3 is 0 Å². The summed E-state index contributed by atoms with van der Waals surface area (Å²) in [4.78, 5) is 43.2. The van der Waals surface area contributed by atoms with Crippen LogP contribution in [0.2, 0.25) is 0 Å². The number of nitrogens with one attached hydrogen (secondary N) is 1. The van der Waals surface area contributed by atoms with Gasteiger partial charge in [-0.15, -0.1) is 0 Å². The Bertz CT molecular complexity index is 1220. The lowest BCUT2D eigenvalue weighted by Gasteiger charge is -2.33. The third-order valence-corrected chi connectivity index (χ3v) is 6.71. The van der Waals surface area contributed by atoms with Gasteiger partial charge < -0.3 is 15.1 Å². The van der Waals surface area contributed by atoms with Crippen molar-refractivity contribution in [2.75, 3.05) is 32.0 Å². The summed E-state index contributed by atoms with van der Waals surface area (Å²) in [5, 5.41) is 5.09. The Morgan fingerprint density at radius 1 is 1.09 bits per heavy atom. The molecule has 0 unspecified atom stereocenters. The highest BCUT2D eigenvalue weighted by Gasteiger charge is 2.30. The Morgan fingerprint density at radius 2 is 1.94 bits per heavy atom. The Kier molecular flexibility index (Phi) is 5.66. The fourth-order valence-corrected chi connectivity index (χ4v) is 4.93. The van der Waals surface area contributed by atoms with E-state index in [1.807, 2.05) is 47.2 Å². The van der Waals surface area contributed by atoms with Gasteiger partial charge in [0.1, 0.15) is 17.3 Å². The van der Waals surface area contributed by atoms with Gasteiger partial charge in [0.15, 0.2) is 0 Å². The molecule has 8 heteroatoms. The second-order valence-corrected chi connectivity index (χ2v) is 8.77. The van der Waals surface area contributed by atoms with E-state index >= 15 is 0 Å². The van der Waals surface area contributed by atoms with Gasteiger partial charge in [0.05, 0.1) is 12.2 Å². The largest absolute Gasteiger partial charge is 0.373 e. The summed E-state index contributed by atoms with van der Waals surface area (Å²) in [6.07, 6.45) is 4.27.